The molecule has 0 radical (unpaired) electrons. The van der Waals surface area contributed by atoms with E-state index in [4.69, 9.17) is 0 Å². The Labute approximate surface area is 152 Å². The number of hydrogen-bond acceptors (Lipinski definition) is 3. The molecular weight excluding hydrogens is 347 g/mol. The zero-order valence-electron chi connectivity index (χ0n) is 15.6. The fraction of sp³-hybridized carbons (Fsp3) is 0.789. The molecule has 0 aromatic rings. The third-order valence-corrected chi connectivity index (χ3v) is 6.01. The summed E-state index contributed by atoms with van der Waals surface area (Å²) in [4.78, 5) is 24.1. The highest BCUT2D eigenvalue weighted by atomic mass is 19.4. The second-order valence-corrected chi connectivity index (χ2v) is 8.18. The molecule has 0 spiro atoms. The molecule has 2 N–H and O–H groups in total. The average Bonchev–Trinajstić information content (AvgIpc) is 2.50. The lowest BCUT2D eigenvalue weighted by Gasteiger charge is -2.47. The van der Waals surface area contributed by atoms with Gasteiger partial charge in [-0.15, -0.1) is 0 Å². The molecule has 0 aliphatic heterocycles. The minimum atomic E-state index is -4.86. The second-order valence-electron chi connectivity index (χ2n) is 8.18. The quantitative estimate of drug-likeness (QED) is 0.723. The van der Waals surface area contributed by atoms with Crippen molar-refractivity contribution in [3.8, 4) is 0 Å². The van der Waals surface area contributed by atoms with Crippen molar-refractivity contribution in [2.75, 3.05) is 6.54 Å². The molecular formula is C19H28F3NO3. The monoisotopic (exact) mass is 375 g/mol. The van der Waals surface area contributed by atoms with Crippen LogP contribution in [0, 0.1) is 17.3 Å². The maximum absolute atomic E-state index is 12.7. The molecule has 0 unspecified atom stereocenters. The summed E-state index contributed by atoms with van der Waals surface area (Å²) < 4.78 is 38.1. The number of Topliss-reactive ketones (excluding diaryl/α,β-unsaturated/α-hetero) is 1. The van der Waals surface area contributed by atoms with Crippen LogP contribution in [-0.2, 0) is 9.59 Å². The number of ketones is 1. The summed E-state index contributed by atoms with van der Waals surface area (Å²) >= 11 is 0. The summed E-state index contributed by atoms with van der Waals surface area (Å²) in [7, 11) is 0. The molecule has 1 amide bonds. The van der Waals surface area contributed by atoms with E-state index in [-0.39, 0.29) is 23.8 Å². The Balaban J connectivity index is 1.99. The summed E-state index contributed by atoms with van der Waals surface area (Å²) in [6.07, 6.45) is 0.260. The molecule has 1 saturated carbocycles. The standard InChI is InChI=1S/C19H28F3NO3/c1-12(11-23-16(25)10-18(3,26)19(20,21)22)13-6-4-7-14-15(24)8-5-9-17(13,14)2/h6,12,14,26H,4-5,7-11H2,1-3H3,(H,23,25)/t12-,14+,17+,18+/m1/s1. The van der Waals surface area contributed by atoms with E-state index in [0.29, 0.717) is 19.1 Å². The van der Waals surface area contributed by atoms with Gasteiger partial charge in [0.1, 0.15) is 5.78 Å². The number of rotatable bonds is 5. The highest BCUT2D eigenvalue weighted by Gasteiger charge is 2.51. The number of aliphatic hydroxyl groups is 1. The van der Waals surface area contributed by atoms with Gasteiger partial charge in [-0.25, -0.2) is 0 Å². The second kappa shape index (κ2) is 7.33. The van der Waals surface area contributed by atoms with E-state index in [1.54, 1.807) is 0 Å². The van der Waals surface area contributed by atoms with Gasteiger partial charge in [-0.2, -0.15) is 13.2 Å². The van der Waals surface area contributed by atoms with Gasteiger partial charge in [0.25, 0.3) is 0 Å². The number of nitrogens with one attached hydrogen (secondary N) is 1. The molecule has 26 heavy (non-hydrogen) atoms. The van der Waals surface area contributed by atoms with Crippen LogP contribution in [0.1, 0.15) is 59.3 Å². The first-order chi connectivity index (χ1) is 11.9. The predicted molar refractivity (Wildman–Crippen MR) is 91.2 cm³/mol. The van der Waals surface area contributed by atoms with E-state index in [2.05, 4.69) is 18.3 Å². The lowest BCUT2D eigenvalue weighted by Crippen LogP contribution is -2.47. The molecule has 1 fully saturated rings. The fourth-order valence-electron chi connectivity index (χ4n) is 4.41. The Kier molecular flexibility index (Phi) is 5.90. The number of amides is 1. The SMILES string of the molecule is C[C@H](CNC(=O)C[C@](C)(O)C(F)(F)F)C1=CCC[C@H]2C(=O)CCC[C@@]12C. The van der Waals surface area contributed by atoms with E-state index < -0.39 is 24.1 Å². The van der Waals surface area contributed by atoms with Gasteiger partial charge < -0.3 is 10.4 Å². The molecule has 4 nitrogen and oxygen atoms in total. The molecule has 148 valence electrons. The summed E-state index contributed by atoms with van der Waals surface area (Å²) in [6.45, 7) is 4.79. The van der Waals surface area contributed by atoms with Crippen LogP contribution >= 0.6 is 0 Å². The van der Waals surface area contributed by atoms with Crippen molar-refractivity contribution in [1.29, 1.82) is 0 Å². The van der Waals surface area contributed by atoms with E-state index in [9.17, 15) is 27.9 Å². The zero-order valence-corrected chi connectivity index (χ0v) is 15.6. The Bertz CT molecular complexity index is 597. The molecule has 0 bridgehead atoms. The molecule has 2 aliphatic rings. The number of halogens is 3. The normalized spacial score (nSPS) is 30.0. The molecule has 0 heterocycles. The smallest absolute Gasteiger partial charge is 0.380 e. The van der Waals surface area contributed by atoms with Crippen molar-refractivity contribution in [2.45, 2.75) is 71.1 Å². The summed E-state index contributed by atoms with van der Waals surface area (Å²) in [6, 6.07) is 0. The minimum Gasteiger partial charge on any atom is -0.380 e. The zero-order chi connectivity index (χ0) is 19.8. The molecule has 2 aliphatic carbocycles. The highest BCUT2D eigenvalue weighted by molar-refractivity contribution is 5.83. The van der Waals surface area contributed by atoms with Gasteiger partial charge in [0, 0.05) is 18.9 Å². The Morgan fingerprint density at radius 1 is 1.46 bits per heavy atom. The van der Waals surface area contributed by atoms with Gasteiger partial charge in [0.2, 0.25) is 5.91 Å². The minimum absolute atomic E-state index is 0.000337. The van der Waals surface area contributed by atoms with Gasteiger partial charge in [-0.1, -0.05) is 25.5 Å². The highest BCUT2D eigenvalue weighted by Crippen LogP contribution is 2.51. The average molecular weight is 375 g/mol. The Hall–Kier alpha value is -1.37. The number of alkyl halides is 3. The van der Waals surface area contributed by atoms with Crippen molar-refractivity contribution in [1.82, 2.24) is 5.32 Å². The van der Waals surface area contributed by atoms with Gasteiger partial charge >= 0.3 is 6.18 Å². The fourth-order valence-corrected chi connectivity index (χ4v) is 4.41. The summed E-state index contributed by atoms with van der Waals surface area (Å²) in [5.74, 6) is -0.618. The van der Waals surface area contributed by atoms with Gasteiger partial charge in [0.05, 0.1) is 6.42 Å². The van der Waals surface area contributed by atoms with Crippen molar-refractivity contribution < 1.29 is 27.9 Å². The molecule has 0 aromatic heterocycles. The first-order valence-electron chi connectivity index (χ1n) is 9.17. The third-order valence-electron chi connectivity index (χ3n) is 6.01. The van der Waals surface area contributed by atoms with Crippen molar-refractivity contribution in [3.63, 3.8) is 0 Å². The van der Waals surface area contributed by atoms with E-state index >= 15 is 0 Å². The summed E-state index contributed by atoms with van der Waals surface area (Å²) in [5.41, 5.74) is -2.16. The number of hydrogen-bond donors (Lipinski definition) is 2. The van der Waals surface area contributed by atoms with Crippen LogP contribution in [0.3, 0.4) is 0 Å². The van der Waals surface area contributed by atoms with Crippen LogP contribution in [-0.4, -0.2) is 35.1 Å². The maximum atomic E-state index is 12.7. The number of fused-ring (bicyclic) bond motifs is 1. The van der Waals surface area contributed by atoms with Crippen molar-refractivity contribution in [2.24, 2.45) is 17.3 Å². The van der Waals surface area contributed by atoms with Gasteiger partial charge in [-0.3, -0.25) is 9.59 Å². The van der Waals surface area contributed by atoms with E-state index in [1.807, 2.05) is 6.92 Å². The van der Waals surface area contributed by atoms with Crippen LogP contribution in [0.4, 0.5) is 13.2 Å². The van der Waals surface area contributed by atoms with Gasteiger partial charge in [0.15, 0.2) is 5.60 Å². The number of carbonyl (C=O) groups excluding carboxylic acids is 2. The lowest BCUT2D eigenvalue weighted by molar-refractivity contribution is -0.253. The van der Waals surface area contributed by atoms with Gasteiger partial charge in [-0.05, 0) is 43.9 Å². The first-order valence-corrected chi connectivity index (χ1v) is 9.17. The van der Waals surface area contributed by atoms with Crippen molar-refractivity contribution in [3.05, 3.63) is 11.6 Å². The van der Waals surface area contributed by atoms with E-state index in [1.165, 1.54) is 0 Å². The Morgan fingerprint density at radius 2 is 2.12 bits per heavy atom. The van der Waals surface area contributed by atoms with Crippen LogP contribution in [0.25, 0.3) is 0 Å². The van der Waals surface area contributed by atoms with Crippen molar-refractivity contribution >= 4 is 11.7 Å². The van der Waals surface area contributed by atoms with Crippen LogP contribution in [0.5, 0.6) is 0 Å². The lowest BCUT2D eigenvalue weighted by atomic mass is 9.57. The Morgan fingerprint density at radius 3 is 2.73 bits per heavy atom. The molecule has 4 atom stereocenters. The number of carbonyl (C=O) groups is 2. The van der Waals surface area contributed by atoms with E-state index in [0.717, 1.165) is 31.3 Å². The number of allylic oxidation sites excluding steroid dienone is 1. The molecule has 7 heteroatoms. The predicted octanol–water partition coefficient (Wildman–Crippen LogP) is 3.54. The van der Waals surface area contributed by atoms with Crippen LogP contribution in [0.15, 0.2) is 11.6 Å². The first kappa shape index (κ1) is 20.9. The molecule has 0 aromatic carbocycles. The third kappa shape index (κ3) is 4.13. The topological polar surface area (TPSA) is 66.4 Å². The van der Waals surface area contributed by atoms with Crippen LogP contribution < -0.4 is 5.32 Å². The summed E-state index contributed by atoms with van der Waals surface area (Å²) in [5, 5.41) is 11.9. The maximum Gasteiger partial charge on any atom is 0.417 e. The molecule has 0 saturated heterocycles. The largest absolute Gasteiger partial charge is 0.417 e. The van der Waals surface area contributed by atoms with Crippen LogP contribution in [0.2, 0.25) is 0 Å². The molecule has 2 rings (SSSR count).